The lowest BCUT2D eigenvalue weighted by Crippen LogP contribution is -2.53. The van der Waals surface area contributed by atoms with E-state index in [2.05, 4.69) is 34.5 Å². The minimum absolute atomic E-state index is 0.0420. The van der Waals surface area contributed by atoms with Gasteiger partial charge in [-0.2, -0.15) is 0 Å². The first-order chi connectivity index (χ1) is 14.8. The van der Waals surface area contributed by atoms with E-state index in [1.807, 2.05) is 0 Å². The summed E-state index contributed by atoms with van der Waals surface area (Å²) in [6.07, 6.45) is 2.99. The van der Waals surface area contributed by atoms with Gasteiger partial charge in [-0.05, 0) is 76.3 Å². The van der Waals surface area contributed by atoms with Crippen LogP contribution in [-0.2, 0) is 16.2 Å². The minimum Gasteiger partial charge on any atom is -0.493 e. The lowest BCUT2D eigenvalue weighted by atomic mass is 10.1. The number of hydrogen-bond donors (Lipinski definition) is 1. The summed E-state index contributed by atoms with van der Waals surface area (Å²) in [5, 5.41) is 2.55. The zero-order valence-electron chi connectivity index (χ0n) is 16.5. The van der Waals surface area contributed by atoms with Crippen molar-refractivity contribution < 1.29 is 23.5 Å². The van der Waals surface area contributed by atoms with Crippen molar-refractivity contribution in [3.63, 3.8) is 0 Å². The summed E-state index contributed by atoms with van der Waals surface area (Å²) in [5.74, 6) is -0.532. The molecule has 1 saturated heterocycles. The lowest BCUT2D eigenvalue weighted by molar-refractivity contribution is -0.128. The second-order valence-corrected chi connectivity index (χ2v) is 8.02. The van der Waals surface area contributed by atoms with Crippen molar-refractivity contribution in [1.82, 2.24) is 10.2 Å². The molecule has 0 bridgehead atoms. The molecule has 0 unspecified atom stereocenters. The summed E-state index contributed by atoms with van der Waals surface area (Å²) in [7, 11) is 1.49. The Morgan fingerprint density at radius 2 is 2.06 bits per heavy atom. The molecule has 1 aliphatic heterocycles. The monoisotopic (exact) mass is 552 g/mol. The van der Waals surface area contributed by atoms with Gasteiger partial charge in [0.05, 0.1) is 10.7 Å². The second kappa shape index (κ2) is 10.0. The smallest absolute Gasteiger partial charge is 0.265 e. The van der Waals surface area contributed by atoms with Crippen molar-refractivity contribution in [3.8, 4) is 11.5 Å². The van der Waals surface area contributed by atoms with Crippen LogP contribution in [0.4, 0.5) is 4.39 Å². The molecule has 2 amide bonds. The van der Waals surface area contributed by atoms with E-state index >= 15 is 0 Å². The van der Waals surface area contributed by atoms with Crippen LogP contribution in [0.15, 0.2) is 54.6 Å². The second-order valence-electron chi connectivity index (χ2n) is 6.47. The number of ether oxygens (including phenoxy) is 2. The third-order valence-corrected chi connectivity index (χ3v) is 5.46. The molecule has 1 fully saturated rings. The average molecular weight is 552 g/mol. The highest BCUT2D eigenvalue weighted by molar-refractivity contribution is 14.1. The van der Waals surface area contributed by atoms with Crippen LogP contribution in [0.3, 0.4) is 0 Å². The highest BCUT2D eigenvalue weighted by Gasteiger charge is 2.32. The molecule has 2 aromatic carbocycles. The first kappa shape index (κ1) is 22.9. The van der Waals surface area contributed by atoms with Gasteiger partial charge in [0.25, 0.3) is 11.8 Å². The number of carbonyl (C=O) groups excluding carboxylic acids is 2. The third kappa shape index (κ3) is 5.28. The van der Waals surface area contributed by atoms with Gasteiger partial charge in [-0.25, -0.2) is 4.39 Å². The molecule has 0 aromatic heterocycles. The Morgan fingerprint density at radius 3 is 2.74 bits per heavy atom. The number of hydrogen-bond acceptors (Lipinski definition) is 5. The SMILES string of the molecule is C=CCN1C(=O)/C(=C/c2cc(I)c(OCc3cccc(F)c3)c(OC)c2)C(=O)NC1=S. The molecule has 0 saturated carbocycles. The summed E-state index contributed by atoms with van der Waals surface area (Å²) in [6, 6.07) is 9.53. The summed E-state index contributed by atoms with van der Waals surface area (Å²) >= 11 is 7.13. The number of amides is 2. The molecule has 1 aliphatic rings. The predicted octanol–water partition coefficient (Wildman–Crippen LogP) is 3.83. The van der Waals surface area contributed by atoms with E-state index in [0.29, 0.717) is 26.2 Å². The van der Waals surface area contributed by atoms with Gasteiger partial charge in [0, 0.05) is 6.54 Å². The molecule has 31 heavy (non-hydrogen) atoms. The van der Waals surface area contributed by atoms with Crippen molar-refractivity contribution in [2.75, 3.05) is 13.7 Å². The van der Waals surface area contributed by atoms with Gasteiger partial charge in [0.15, 0.2) is 16.6 Å². The van der Waals surface area contributed by atoms with Gasteiger partial charge in [0.1, 0.15) is 18.0 Å². The van der Waals surface area contributed by atoms with Crippen molar-refractivity contribution in [3.05, 3.63) is 75.1 Å². The first-order valence-electron chi connectivity index (χ1n) is 9.08. The summed E-state index contributed by atoms with van der Waals surface area (Å²) in [4.78, 5) is 26.3. The topological polar surface area (TPSA) is 67.9 Å². The van der Waals surface area contributed by atoms with E-state index in [9.17, 15) is 14.0 Å². The third-order valence-electron chi connectivity index (χ3n) is 4.33. The molecule has 1 N–H and O–H groups in total. The van der Waals surface area contributed by atoms with Crippen LogP contribution >= 0.6 is 34.8 Å². The Labute approximate surface area is 197 Å². The van der Waals surface area contributed by atoms with Crippen LogP contribution in [0, 0.1) is 9.39 Å². The molecule has 0 radical (unpaired) electrons. The summed E-state index contributed by atoms with van der Waals surface area (Å²) in [5.41, 5.74) is 1.19. The molecule has 0 spiro atoms. The van der Waals surface area contributed by atoms with Gasteiger partial charge in [0.2, 0.25) is 0 Å². The Morgan fingerprint density at radius 1 is 1.29 bits per heavy atom. The molecule has 6 nitrogen and oxygen atoms in total. The number of benzene rings is 2. The Balaban J connectivity index is 1.89. The predicted molar refractivity (Wildman–Crippen MR) is 127 cm³/mol. The van der Waals surface area contributed by atoms with E-state index in [1.165, 1.54) is 36.3 Å². The van der Waals surface area contributed by atoms with Crippen LogP contribution in [0.2, 0.25) is 0 Å². The van der Waals surface area contributed by atoms with Gasteiger partial charge < -0.3 is 9.47 Å². The maximum absolute atomic E-state index is 13.4. The Bertz CT molecular complexity index is 1100. The van der Waals surface area contributed by atoms with Gasteiger partial charge in [-0.15, -0.1) is 6.58 Å². The van der Waals surface area contributed by atoms with E-state index in [0.717, 1.165) is 0 Å². The van der Waals surface area contributed by atoms with Gasteiger partial charge >= 0.3 is 0 Å². The maximum atomic E-state index is 13.4. The zero-order valence-corrected chi connectivity index (χ0v) is 19.5. The zero-order chi connectivity index (χ0) is 22.5. The number of carbonyl (C=O) groups is 2. The molecule has 0 atom stereocenters. The summed E-state index contributed by atoms with van der Waals surface area (Å²) in [6.45, 7) is 3.94. The molecule has 2 aromatic rings. The Kier molecular flexibility index (Phi) is 7.39. The van der Waals surface area contributed by atoms with Crippen molar-refractivity contribution in [2.45, 2.75) is 6.61 Å². The number of thiocarbonyl (C=S) groups is 1. The van der Waals surface area contributed by atoms with Crippen LogP contribution in [0.1, 0.15) is 11.1 Å². The van der Waals surface area contributed by atoms with Crippen LogP contribution < -0.4 is 14.8 Å². The normalized spacial score (nSPS) is 15.1. The van der Waals surface area contributed by atoms with Crippen molar-refractivity contribution in [1.29, 1.82) is 0 Å². The molecule has 3 rings (SSSR count). The number of nitrogens with one attached hydrogen (secondary N) is 1. The highest BCUT2D eigenvalue weighted by Crippen LogP contribution is 2.35. The molecular formula is C22H18FIN2O4S. The summed E-state index contributed by atoms with van der Waals surface area (Å²) < 4.78 is 25.4. The fourth-order valence-electron chi connectivity index (χ4n) is 2.90. The van der Waals surface area contributed by atoms with E-state index in [1.54, 1.807) is 24.3 Å². The molecule has 1 heterocycles. The standard InChI is InChI=1S/C22H18FIN2O4S/c1-3-7-26-21(28)16(20(27)25-22(26)31)9-14-10-17(24)19(18(11-14)29-2)30-12-13-5-4-6-15(23)8-13/h3-6,8-11H,1,7,12H2,2H3,(H,25,27,31)/b16-9+. The molecule has 9 heteroatoms. The van der Waals surface area contributed by atoms with Crippen molar-refractivity contribution >= 4 is 57.8 Å². The number of halogens is 2. The van der Waals surface area contributed by atoms with Crippen LogP contribution in [0.5, 0.6) is 11.5 Å². The van der Waals surface area contributed by atoms with Gasteiger partial charge in [-0.1, -0.05) is 18.2 Å². The van der Waals surface area contributed by atoms with E-state index < -0.39 is 11.8 Å². The van der Waals surface area contributed by atoms with Crippen LogP contribution in [-0.4, -0.2) is 35.5 Å². The van der Waals surface area contributed by atoms with Crippen LogP contribution in [0.25, 0.3) is 6.08 Å². The number of rotatable bonds is 7. The largest absolute Gasteiger partial charge is 0.493 e. The molecule has 0 aliphatic carbocycles. The molecule has 160 valence electrons. The fourth-order valence-corrected chi connectivity index (χ4v) is 3.93. The quantitative estimate of drug-likeness (QED) is 0.186. The Hall–Kier alpha value is -2.79. The number of methoxy groups -OCH3 is 1. The fraction of sp³-hybridized carbons (Fsp3) is 0.136. The maximum Gasteiger partial charge on any atom is 0.265 e. The minimum atomic E-state index is -0.573. The highest BCUT2D eigenvalue weighted by atomic mass is 127. The first-order valence-corrected chi connectivity index (χ1v) is 10.6. The van der Waals surface area contributed by atoms with Crippen molar-refractivity contribution in [2.24, 2.45) is 0 Å². The molecular weight excluding hydrogens is 534 g/mol. The number of nitrogens with zero attached hydrogens (tertiary/aromatic N) is 1. The van der Waals surface area contributed by atoms with E-state index in [4.69, 9.17) is 21.7 Å². The lowest BCUT2D eigenvalue weighted by Gasteiger charge is -2.27. The average Bonchev–Trinajstić information content (AvgIpc) is 2.73. The van der Waals surface area contributed by atoms with E-state index in [-0.39, 0.29) is 29.7 Å². The van der Waals surface area contributed by atoms with Gasteiger partial charge in [-0.3, -0.25) is 19.8 Å².